The summed E-state index contributed by atoms with van der Waals surface area (Å²) >= 11 is 0. The summed E-state index contributed by atoms with van der Waals surface area (Å²) in [6.45, 7) is 0.553. The van der Waals surface area contributed by atoms with Gasteiger partial charge < -0.3 is 4.74 Å². The molecule has 28 heavy (non-hydrogen) atoms. The van der Waals surface area contributed by atoms with E-state index in [9.17, 15) is 18.0 Å². The molecule has 0 saturated carbocycles. The fraction of sp³-hybridized carbons (Fsp3) is 0.167. The van der Waals surface area contributed by atoms with Crippen LogP contribution in [0.5, 0.6) is 5.75 Å². The molecule has 0 aliphatic carbocycles. The van der Waals surface area contributed by atoms with E-state index in [4.69, 9.17) is 4.74 Å². The van der Waals surface area contributed by atoms with E-state index in [1.54, 1.807) is 24.4 Å². The number of fused-ring (bicyclic) bond motifs is 2. The second kappa shape index (κ2) is 6.70. The van der Waals surface area contributed by atoms with Crippen LogP contribution in [0.15, 0.2) is 47.5 Å². The van der Waals surface area contributed by atoms with E-state index >= 15 is 0 Å². The van der Waals surface area contributed by atoms with Gasteiger partial charge in [0.25, 0.3) is 0 Å². The summed E-state index contributed by atoms with van der Waals surface area (Å²) < 4.78 is 44.1. The summed E-state index contributed by atoms with van der Waals surface area (Å²) in [5.74, 6) is 0.0471. The van der Waals surface area contributed by atoms with Gasteiger partial charge in [0.1, 0.15) is 5.75 Å². The molecule has 4 rings (SSSR count). The summed E-state index contributed by atoms with van der Waals surface area (Å²) in [5.41, 5.74) is 2.56. The fourth-order valence-corrected chi connectivity index (χ4v) is 3.16. The van der Waals surface area contributed by atoms with Crippen molar-refractivity contribution in [2.45, 2.75) is 13.0 Å². The normalized spacial score (nSPS) is 11.9. The first-order valence-corrected chi connectivity index (χ1v) is 8.54. The van der Waals surface area contributed by atoms with Gasteiger partial charge in [-0.2, -0.15) is 13.2 Å². The predicted octanol–water partition coefficient (Wildman–Crippen LogP) is 2.31. The molecule has 3 heterocycles. The number of alkyl halides is 3. The van der Waals surface area contributed by atoms with Gasteiger partial charge >= 0.3 is 11.9 Å². The second-order valence-electron chi connectivity index (χ2n) is 6.20. The zero-order valence-corrected chi connectivity index (χ0v) is 14.7. The van der Waals surface area contributed by atoms with Crippen molar-refractivity contribution >= 4 is 34.8 Å². The number of nitrogens with zero attached hydrogens (tertiary/aromatic N) is 3. The van der Waals surface area contributed by atoms with Gasteiger partial charge in [0.05, 0.1) is 16.7 Å². The Labute approximate surface area is 157 Å². The van der Waals surface area contributed by atoms with Crippen molar-refractivity contribution in [1.29, 1.82) is 0 Å². The van der Waals surface area contributed by atoms with Crippen molar-refractivity contribution in [2.24, 2.45) is 0 Å². The molecule has 1 aromatic carbocycles. The average Bonchev–Trinajstić information content (AvgIpc) is 3.01. The molecule has 0 aliphatic rings. The summed E-state index contributed by atoms with van der Waals surface area (Å²) in [6.07, 6.45) is -1.46. The quantitative estimate of drug-likeness (QED) is 0.547. The Morgan fingerprint density at radius 3 is 2.71 bits per heavy atom. The maximum absolute atomic E-state index is 12.6. The van der Waals surface area contributed by atoms with Crippen molar-refractivity contribution in [3.8, 4) is 11.4 Å². The topological polar surface area (TPSA) is 72.8 Å². The van der Waals surface area contributed by atoms with Crippen LogP contribution in [0.3, 0.4) is 0 Å². The molecule has 0 saturated heterocycles. The molecule has 0 aliphatic heterocycles. The minimum Gasteiger partial charge on any atom is -0.483 e. The van der Waals surface area contributed by atoms with Crippen molar-refractivity contribution in [1.82, 2.24) is 19.5 Å². The van der Waals surface area contributed by atoms with Gasteiger partial charge in [0, 0.05) is 17.8 Å². The third-order valence-electron chi connectivity index (χ3n) is 4.38. The second-order valence-corrected chi connectivity index (χ2v) is 6.20. The van der Waals surface area contributed by atoms with Gasteiger partial charge in [-0.05, 0) is 30.3 Å². The van der Waals surface area contributed by atoms with Crippen LogP contribution in [0.4, 0.5) is 13.2 Å². The number of aromatic amines is 1. The number of imidazole rings is 1. The van der Waals surface area contributed by atoms with Crippen LogP contribution in [-0.2, 0) is 0 Å². The van der Waals surface area contributed by atoms with E-state index in [0.29, 0.717) is 35.0 Å². The molecule has 4 aromatic rings. The molecule has 6 nitrogen and oxygen atoms in total. The van der Waals surface area contributed by atoms with Crippen molar-refractivity contribution < 1.29 is 17.9 Å². The zero-order chi connectivity index (χ0) is 19.9. The SMILES string of the molecule is CBc1ccnc2[nH]c(=O)n(-c3ccc4nccc(OCC(F)(F)F)c4c3)c12. The van der Waals surface area contributed by atoms with Crippen molar-refractivity contribution in [3.05, 3.63) is 53.2 Å². The lowest BCUT2D eigenvalue weighted by Gasteiger charge is -2.12. The molecule has 0 fully saturated rings. The highest BCUT2D eigenvalue weighted by molar-refractivity contribution is 6.55. The van der Waals surface area contributed by atoms with Crippen LogP contribution in [-0.4, -0.2) is 39.6 Å². The number of aromatic nitrogens is 4. The number of rotatable bonds is 4. The van der Waals surface area contributed by atoms with Crippen LogP contribution < -0.4 is 15.9 Å². The van der Waals surface area contributed by atoms with Crippen LogP contribution in [0.25, 0.3) is 27.8 Å². The smallest absolute Gasteiger partial charge is 0.422 e. The number of halogens is 3. The van der Waals surface area contributed by atoms with Gasteiger partial charge in [-0.15, -0.1) is 0 Å². The van der Waals surface area contributed by atoms with E-state index in [1.807, 2.05) is 12.9 Å². The van der Waals surface area contributed by atoms with E-state index in [-0.39, 0.29) is 11.4 Å². The lowest BCUT2D eigenvalue weighted by molar-refractivity contribution is -0.153. The van der Waals surface area contributed by atoms with Crippen LogP contribution in [0.1, 0.15) is 0 Å². The molecule has 0 amide bonds. The molecular formula is C18H14BF3N4O2. The largest absolute Gasteiger partial charge is 0.483 e. The van der Waals surface area contributed by atoms with Gasteiger partial charge in [-0.25, -0.2) is 9.78 Å². The summed E-state index contributed by atoms with van der Waals surface area (Å²) in [7, 11) is 0.686. The third-order valence-corrected chi connectivity index (χ3v) is 4.38. The van der Waals surface area contributed by atoms with Gasteiger partial charge in [0.2, 0.25) is 0 Å². The number of pyridine rings is 2. The third kappa shape index (κ3) is 3.21. The average molecular weight is 386 g/mol. The number of H-pyrrole nitrogens is 1. The Hall–Kier alpha value is -3.30. The summed E-state index contributed by atoms with van der Waals surface area (Å²) in [5, 5.41) is 0.382. The van der Waals surface area contributed by atoms with Crippen molar-refractivity contribution in [3.63, 3.8) is 0 Å². The number of hydrogen-bond acceptors (Lipinski definition) is 4. The molecule has 0 unspecified atom stereocenters. The minimum absolute atomic E-state index is 0.0471. The van der Waals surface area contributed by atoms with Gasteiger partial charge in [0.15, 0.2) is 19.5 Å². The number of nitrogens with one attached hydrogen (secondary N) is 1. The molecular weight excluding hydrogens is 372 g/mol. The van der Waals surface area contributed by atoms with Gasteiger partial charge in [-0.3, -0.25) is 14.5 Å². The maximum atomic E-state index is 12.6. The molecule has 0 spiro atoms. The summed E-state index contributed by atoms with van der Waals surface area (Å²) in [4.78, 5) is 23.6. The van der Waals surface area contributed by atoms with E-state index in [2.05, 4.69) is 15.0 Å². The maximum Gasteiger partial charge on any atom is 0.422 e. The van der Waals surface area contributed by atoms with Crippen LogP contribution in [0.2, 0.25) is 6.82 Å². The van der Waals surface area contributed by atoms with Gasteiger partial charge in [-0.1, -0.05) is 12.3 Å². The Morgan fingerprint density at radius 2 is 1.96 bits per heavy atom. The fourth-order valence-electron chi connectivity index (χ4n) is 3.16. The first kappa shape index (κ1) is 18.1. The lowest BCUT2D eigenvalue weighted by Crippen LogP contribution is -2.20. The monoisotopic (exact) mass is 386 g/mol. The molecule has 3 aromatic heterocycles. The van der Waals surface area contributed by atoms with Crippen molar-refractivity contribution in [2.75, 3.05) is 6.61 Å². The Bertz CT molecular complexity index is 1230. The zero-order valence-electron chi connectivity index (χ0n) is 14.7. The standard InChI is InChI=1S/C18H14BF3N4O2/c1-19-12-4-6-24-16-15(12)26(17(27)25-16)10-2-3-13-11(8-10)14(5-7-23-13)28-9-18(20,21)22/h2-8,19H,9H2,1H3,(H,24,25,27). The first-order valence-electron chi connectivity index (χ1n) is 8.54. The van der Waals surface area contributed by atoms with E-state index in [1.165, 1.54) is 16.8 Å². The van der Waals surface area contributed by atoms with E-state index in [0.717, 1.165) is 5.46 Å². The first-order chi connectivity index (χ1) is 13.4. The Balaban J connectivity index is 1.90. The molecule has 0 radical (unpaired) electrons. The minimum atomic E-state index is -4.46. The highest BCUT2D eigenvalue weighted by atomic mass is 19.4. The summed E-state index contributed by atoms with van der Waals surface area (Å²) in [6, 6.07) is 8.11. The molecule has 10 heteroatoms. The highest BCUT2D eigenvalue weighted by Crippen LogP contribution is 2.28. The predicted molar refractivity (Wildman–Crippen MR) is 101 cm³/mol. The Morgan fingerprint density at radius 1 is 1.18 bits per heavy atom. The van der Waals surface area contributed by atoms with Crippen LogP contribution in [0, 0.1) is 0 Å². The molecule has 1 N–H and O–H groups in total. The number of benzene rings is 1. The molecule has 0 atom stereocenters. The lowest BCUT2D eigenvalue weighted by atomic mass is 9.73. The highest BCUT2D eigenvalue weighted by Gasteiger charge is 2.28. The van der Waals surface area contributed by atoms with E-state index < -0.39 is 12.8 Å². The molecule has 0 bridgehead atoms. The number of ether oxygens (including phenoxy) is 1. The van der Waals surface area contributed by atoms with Crippen LogP contribution >= 0.6 is 0 Å². The number of hydrogen-bond donors (Lipinski definition) is 1. The Kier molecular flexibility index (Phi) is 4.33. The molecule has 142 valence electrons.